The van der Waals surface area contributed by atoms with Crippen LogP contribution in [0, 0.1) is 12.7 Å². The van der Waals surface area contributed by atoms with Crippen LogP contribution in [0.2, 0.25) is 5.02 Å². The molecule has 2 aromatic carbocycles. The number of hydrogen-bond donors (Lipinski definition) is 0. The van der Waals surface area contributed by atoms with Crippen molar-refractivity contribution in [2.45, 2.75) is 13.3 Å². The molecule has 0 saturated carbocycles. The van der Waals surface area contributed by atoms with Crippen molar-refractivity contribution in [2.24, 2.45) is 0 Å². The van der Waals surface area contributed by atoms with Gasteiger partial charge in [-0.1, -0.05) is 23.7 Å². The van der Waals surface area contributed by atoms with Crippen LogP contribution in [0.25, 0.3) is 21.1 Å². The van der Waals surface area contributed by atoms with E-state index in [9.17, 15) is 4.39 Å². The van der Waals surface area contributed by atoms with Crippen molar-refractivity contribution in [2.75, 3.05) is 0 Å². The fraction of sp³-hybridized carbons (Fsp3) is 0.100. The Balaban J connectivity index is 1.59. The van der Waals surface area contributed by atoms with Crippen LogP contribution in [-0.4, -0.2) is 9.97 Å². The molecule has 0 saturated heterocycles. The minimum atomic E-state index is -0.242. The van der Waals surface area contributed by atoms with Crippen molar-refractivity contribution in [3.05, 3.63) is 81.0 Å². The Morgan fingerprint density at radius 3 is 2.46 bits per heavy atom. The Morgan fingerprint density at radius 1 is 1.00 bits per heavy atom. The van der Waals surface area contributed by atoms with Gasteiger partial charge in [0.05, 0.1) is 21.3 Å². The first-order valence-corrected chi connectivity index (χ1v) is 10.1. The summed E-state index contributed by atoms with van der Waals surface area (Å²) in [4.78, 5) is 10.5. The predicted octanol–water partition coefficient (Wildman–Crippen LogP) is 6.63. The number of nitrogens with zero attached hydrogens (tertiary/aromatic N) is 2. The molecule has 26 heavy (non-hydrogen) atoms. The molecule has 0 fully saturated rings. The largest absolute Gasteiger partial charge is 0.241 e. The molecule has 0 aliphatic heterocycles. The molecule has 0 atom stereocenters. The zero-order valence-electron chi connectivity index (χ0n) is 13.9. The second-order valence-electron chi connectivity index (χ2n) is 5.87. The lowest BCUT2D eigenvalue weighted by Crippen LogP contribution is -1.87. The molecule has 6 heteroatoms. The number of aryl methyl sites for hydroxylation is 1. The Morgan fingerprint density at radius 2 is 1.73 bits per heavy atom. The van der Waals surface area contributed by atoms with E-state index in [0.29, 0.717) is 0 Å². The van der Waals surface area contributed by atoms with Crippen molar-refractivity contribution in [3.63, 3.8) is 0 Å². The molecule has 2 heterocycles. The van der Waals surface area contributed by atoms with Crippen LogP contribution in [0.1, 0.15) is 16.3 Å². The minimum absolute atomic E-state index is 0.242. The molecular weight excluding hydrogens is 387 g/mol. The number of hydrogen-bond acceptors (Lipinski definition) is 4. The summed E-state index contributed by atoms with van der Waals surface area (Å²) >= 11 is 9.17. The lowest BCUT2D eigenvalue weighted by molar-refractivity contribution is 0.628. The summed E-state index contributed by atoms with van der Waals surface area (Å²) in [6.07, 6.45) is 0.782. The first-order chi connectivity index (χ1) is 12.6. The van der Waals surface area contributed by atoms with Gasteiger partial charge in [0.1, 0.15) is 10.8 Å². The van der Waals surface area contributed by atoms with Gasteiger partial charge in [-0.2, -0.15) is 0 Å². The third kappa shape index (κ3) is 3.70. The maximum atomic E-state index is 13.1. The minimum Gasteiger partial charge on any atom is -0.241 e. The average molecular weight is 401 g/mol. The first kappa shape index (κ1) is 17.3. The van der Waals surface area contributed by atoms with Crippen LogP contribution in [-0.2, 0) is 6.42 Å². The maximum Gasteiger partial charge on any atom is 0.124 e. The molecule has 0 bridgehead atoms. The SMILES string of the molecule is Cc1nc(-c2ccc(F)cc2)sc1-c1csc(Cc2ccc(Cl)cc2)n1. The summed E-state index contributed by atoms with van der Waals surface area (Å²) in [6, 6.07) is 14.3. The number of thiazole rings is 2. The highest BCUT2D eigenvalue weighted by atomic mass is 35.5. The van der Waals surface area contributed by atoms with Crippen LogP contribution in [0.15, 0.2) is 53.9 Å². The maximum absolute atomic E-state index is 13.1. The molecule has 0 N–H and O–H groups in total. The Bertz CT molecular complexity index is 1040. The molecule has 0 radical (unpaired) electrons. The lowest BCUT2D eigenvalue weighted by Gasteiger charge is -1.98. The van der Waals surface area contributed by atoms with Crippen LogP contribution in [0.5, 0.6) is 0 Å². The highest BCUT2D eigenvalue weighted by Crippen LogP contribution is 2.36. The monoisotopic (exact) mass is 400 g/mol. The molecule has 4 rings (SSSR count). The van der Waals surface area contributed by atoms with Crippen molar-refractivity contribution < 1.29 is 4.39 Å². The van der Waals surface area contributed by atoms with Crippen LogP contribution < -0.4 is 0 Å². The fourth-order valence-corrected chi connectivity index (χ4v) is 4.68. The van der Waals surface area contributed by atoms with E-state index in [1.807, 2.05) is 31.2 Å². The number of halogens is 2. The van der Waals surface area contributed by atoms with Gasteiger partial charge in [0.25, 0.3) is 0 Å². The van der Waals surface area contributed by atoms with Crippen molar-refractivity contribution in [3.8, 4) is 21.1 Å². The Hall–Kier alpha value is -2.08. The molecular formula is C20H14ClFN2S2. The molecule has 0 aliphatic carbocycles. The van der Waals surface area contributed by atoms with E-state index in [1.165, 1.54) is 17.7 Å². The Kier molecular flexibility index (Phi) is 4.85. The second kappa shape index (κ2) is 7.27. The third-order valence-electron chi connectivity index (χ3n) is 3.94. The summed E-state index contributed by atoms with van der Waals surface area (Å²) in [5.74, 6) is -0.242. The van der Waals surface area contributed by atoms with E-state index in [2.05, 4.69) is 10.4 Å². The number of aromatic nitrogens is 2. The van der Waals surface area contributed by atoms with Crippen LogP contribution in [0.4, 0.5) is 4.39 Å². The van der Waals surface area contributed by atoms with Gasteiger partial charge in [-0.15, -0.1) is 22.7 Å². The zero-order valence-corrected chi connectivity index (χ0v) is 16.3. The van der Waals surface area contributed by atoms with Gasteiger partial charge < -0.3 is 0 Å². The molecule has 0 amide bonds. The topological polar surface area (TPSA) is 25.8 Å². The number of benzene rings is 2. The van der Waals surface area contributed by atoms with E-state index >= 15 is 0 Å². The number of rotatable bonds is 4. The summed E-state index contributed by atoms with van der Waals surface area (Å²) in [7, 11) is 0. The normalized spacial score (nSPS) is 11.0. The predicted molar refractivity (Wildman–Crippen MR) is 108 cm³/mol. The van der Waals surface area contributed by atoms with Gasteiger partial charge in [-0.05, 0) is 48.9 Å². The zero-order chi connectivity index (χ0) is 18.1. The lowest BCUT2D eigenvalue weighted by atomic mass is 10.2. The van der Waals surface area contributed by atoms with Gasteiger partial charge in [-0.3, -0.25) is 0 Å². The molecule has 2 nitrogen and oxygen atoms in total. The average Bonchev–Trinajstić information content (AvgIpc) is 3.24. The molecule has 0 aliphatic rings. The summed E-state index contributed by atoms with van der Waals surface area (Å²) < 4.78 is 13.1. The van der Waals surface area contributed by atoms with Gasteiger partial charge in [0.2, 0.25) is 0 Å². The molecule has 2 aromatic heterocycles. The van der Waals surface area contributed by atoms with E-state index in [1.54, 1.807) is 34.8 Å². The van der Waals surface area contributed by atoms with Crippen LogP contribution in [0.3, 0.4) is 0 Å². The first-order valence-electron chi connectivity index (χ1n) is 8.01. The van der Waals surface area contributed by atoms with E-state index in [0.717, 1.165) is 43.3 Å². The van der Waals surface area contributed by atoms with Crippen molar-refractivity contribution in [1.82, 2.24) is 9.97 Å². The standard InChI is InChI=1S/C20H14ClFN2S2/c1-12-19(26-20(23-12)14-4-8-16(22)9-5-14)17-11-25-18(24-17)10-13-2-6-15(21)7-3-13/h2-9,11H,10H2,1H3. The van der Waals surface area contributed by atoms with E-state index in [4.69, 9.17) is 16.6 Å². The van der Waals surface area contributed by atoms with Crippen molar-refractivity contribution >= 4 is 34.3 Å². The van der Waals surface area contributed by atoms with Gasteiger partial charge in [-0.25, -0.2) is 14.4 Å². The fourth-order valence-electron chi connectivity index (χ4n) is 2.62. The van der Waals surface area contributed by atoms with E-state index < -0.39 is 0 Å². The second-order valence-corrected chi connectivity index (χ2v) is 8.25. The summed E-state index contributed by atoms with van der Waals surface area (Å²) in [5, 5.41) is 4.74. The summed E-state index contributed by atoms with van der Waals surface area (Å²) in [6.45, 7) is 1.98. The molecule has 0 unspecified atom stereocenters. The van der Waals surface area contributed by atoms with Gasteiger partial charge in [0.15, 0.2) is 0 Å². The van der Waals surface area contributed by atoms with Crippen LogP contribution >= 0.6 is 34.3 Å². The quantitative estimate of drug-likeness (QED) is 0.384. The van der Waals surface area contributed by atoms with Crippen molar-refractivity contribution in [1.29, 1.82) is 0 Å². The van der Waals surface area contributed by atoms with Gasteiger partial charge >= 0.3 is 0 Å². The molecule has 0 spiro atoms. The van der Waals surface area contributed by atoms with E-state index in [-0.39, 0.29) is 5.82 Å². The summed E-state index contributed by atoms with van der Waals surface area (Å²) in [5.41, 5.74) is 3.99. The highest BCUT2D eigenvalue weighted by Gasteiger charge is 2.14. The third-order valence-corrected chi connectivity index (χ3v) is 6.27. The van der Waals surface area contributed by atoms with Gasteiger partial charge in [0, 0.05) is 22.4 Å². The molecule has 4 aromatic rings. The highest BCUT2D eigenvalue weighted by molar-refractivity contribution is 7.19. The smallest absolute Gasteiger partial charge is 0.124 e. The molecule has 130 valence electrons. The Labute approximate surface area is 164 Å².